The minimum atomic E-state index is -4.62. The zero-order chi connectivity index (χ0) is 22.3. The quantitative estimate of drug-likeness (QED) is 0.408. The standard InChI is InChI=1S/C21H12ClF4N3O2/c22-16-3-1-2-15(21(24,25)26)14(16)10-29-18-9-27-7-6-13(18)19(28-29)12-5-4-11(20(30)31)8-17(12)23/h1-9H,10H2,(H,30,31). The summed E-state index contributed by atoms with van der Waals surface area (Å²) in [4.78, 5) is 15.1. The first kappa shape index (κ1) is 20.8. The van der Waals surface area contributed by atoms with Crippen LogP contribution in [-0.2, 0) is 12.7 Å². The lowest BCUT2D eigenvalue weighted by molar-refractivity contribution is -0.138. The van der Waals surface area contributed by atoms with Gasteiger partial charge in [0.25, 0.3) is 0 Å². The number of fused-ring (bicyclic) bond motifs is 1. The molecule has 158 valence electrons. The molecule has 0 aliphatic rings. The number of hydrogen-bond acceptors (Lipinski definition) is 3. The zero-order valence-electron chi connectivity index (χ0n) is 15.5. The average Bonchev–Trinajstić information content (AvgIpc) is 3.07. The van der Waals surface area contributed by atoms with Gasteiger partial charge in [-0.3, -0.25) is 9.67 Å². The van der Waals surface area contributed by atoms with Crippen molar-refractivity contribution in [3.63, 3.8) is 0 Å². The van der Waals surface area contributed by atoms with E-state index in [0.29, 0.717) is 10.9 Å². The Morgan fingerprint density at radius 3 is 2.61 bits per heavy atom. The van der Waals surface area contributed by atoms with Gasteiger partial charge in [-0.25, -0.2) is 9.18 Å². The number of carbonyl (C=O) groups is 1. The van der Waals surface area contributed by atoms with E-state index in [9.17, 15) is 22.4 Å². The molecule has 2 aromatic heterocycles. The second-order valence-electron chi connectivity index (χ2n) is 6.66. The van der Waals surface area contributed by atoms with Crippen LogP contribution in [0.2, 0.25) is 5.02 Å². The second-order valence-corrected chi connectivity index (χ2v) is 7.07. The number of halogens is 5. The van der Waals surface area contributed by atoms with E-state index in [1.807, 2.05) is 0 Å². The van der Waals surface area contributed by atoms with E-state index in [-0.39, 0.29) is 34.0 Å². The van der Waals surface area contributed by atoms with Crippen LogP contribution in [0.5, 0.6) is 0 Å². The fourth-order valence-electron chi connectivity index (χ4n) is 3.31. The number of carboxylic acid groups (broad SMARTS) is 1. The van der Waals surface area contributed by atoms with Gasteiger partial charge in [0.1, 0.15) is 11.5 Å². The Morgan fingerprint density at radius 1 is 1.16 bits per heavy atom. The van der Waals surface area contributed by atoms with Crippen LogP contribution in [0.15, 0.2) is 54.9 Å². The van der Waals surface area contributed by atoms with Gasteiger partial charge in [0.15, 0.2) is 0 Å². The van der Waals surface area contributed by atoms with Crippen molar-refractivity contribution in [2.45, 2.75) is 12.7 Å². The highest BCUT2D eigenvalue weighted by atomic mass is 35.5. The van der Waals surface area contributed by atoms with Crippen LogP contribution in [0, 0.1) is 5.82 Å². The fourth-order valence-corrected chi connectivity index (χ4v) is 3.55. The second kappa shape index (κ2) is 7.66. The predicted molar refractivity (Wildman–Crippen MR) is 105 cm³/mol. The highest BCUT2D eigenvalue weighted by Crippen LogP contribution is 2.36. The van der Waals surface area contributed by atoms with Gasteiger partial charge in [-0.1, -0.05) is 17.7 Å². The Kier molecular flexibility index (Phi) is 5.14. The summed E-state index contributed by atoms with van der Waals surface area (Å²) in [6.07, 6.45) is -1.78. The normalized spacial score (nSPS) is 11.8. The minimum absolute atomic E-state index is 0.00940. The summed E-state index contributed by atoms with van der Waals surface area (Å²) in [5.74, 6) is -2.11. The lowest BCUT2D eigenvalue weighted by Gasteiger charge is -2.14. The summed E-state index contributed by atoms with van der Waals surface area (Å²) < 4.78 is 56.3. The molecule has 0 aliphatic heterocycles. The van der Waals surface area contributed by atoms with Crippen LogP contribution in [0.3, 0.4) is 0 Å². The number of carboxylic acids is 1. The van der Waals surface area contributed by atoms with Crippen molar-refractivity contribution in [3.05, 3.63) is 82.4 Å². The number of pyridine rings is 1. The van der Waals surface area contributed by atoms with E-state index < -0.39 is 23.5 Å². The van der Waals surface area contributed by atoms with Crippen molar-refractivity contribution in [1.29, 1.82) is 0 Å². The van der Waals surface area contributed by atoms with Gasteiger partial charge in [-0.05, 0) is 36.4 Å². The number of rotatable bonds is 4. The Balaban J connectivity index is 1.88. The number of benzene rings is 2. The van der Waals surface area contributed by atoms with Crippen LogP contribution < -0.4 is 0 Å². The van der Waals surface area contributed by atoms with E-state index in [1.165, 1.54) is 41.3 Å². The smallest absolute Gasteiger partial charge is 0.416 e. The number of aromatic nitrogens is 3. The van der Waals surface area contributed by atoms with Gasteiger partial charge in [0, 0.05) is 27.7 Å². The van der Waals surface area contributed by atoms with Crippen LogP contribution in [0.1, 0.15) is 21.5 Å². The van der Waals surface area contributed by atoms with Crippen molar-refractivity contribution in [1.82, 2.24) is 14.8 Å². The topological polar surface area (TPSA) is 68.0 Å². The highest BCUT2D eigenvalue weighted by molar-refractivity contribution is 6.31. The highest BCUT2D eigenvalue weighted by Gasteiger charge is 2.34. The third-order valence-corrected chi connectivity index (χ3v) is 5.11. The number of aromatic carboxylic acids is 1. The molecule has 0 bridgehead atoms. The Hall–Kier alpha value is -3.46. The van der Waals surface area contributed by atoms with Crippen molar-refractivity contribution >= 4 is 28.5 Å². The maximum atomic E-state index is 14.6. The van der Waals surface area contributed by atoms with Crippen molar-refractivity contribution < 1.29 is 27.5 Å². The van der Waals surface area contributed by atoms with Gasteiger partial charge in [0.05, 0.1) is 29.4 Å². The molecule has 0 fully saturated rings. The molecule has 0 amide bonds. The molecule has 5 nitrogen and oxygen atoms in total. The molecule has 0 unspecified atom stereocenters. The van der Waals surface area contributed by atoms with Crippen molar-refractivity contribution in [2.75, 3.05) is 0 Å². The maximum Gasteiger partial charge on any atom is 0.416 e. The Labute approximate surface area is 177 Å². The van der Waals surface area contributed by atoms with E-state index in [1.54, 1.807) is 6.07 Å². The molecule has 2 heterocycles. The van der Waals surface area contributed by atoms with Gasteiger partial charge < -0.3 is 5.11 Å². The first-order chi connectivity index (χ1) is 14.7. The summed E-state index contributed by atoms with van der Waals surface area (Å²) in [6, 6.07) is 8.39. The monoisotopic (exact) mass is 449 g/mol. The first-order valence-electron chi connectivity index (χ1n) is 8.85. The third kappa shape index (κ3) is 3.84. The third-order valence-electron chi connectivity index (χ3n) is 4.76. The molecular weight excluding hydrogens is 438 g/mol. The van der Waals surface area contributed by atoms with Crippen molar-refractivity contribution in [3.8, 4) is 11.3 Å². The van der Waals surface area contributed by atoms with Gasteiger partial charge in [0.2, 0.25) is 0 Å². The summed E-state index contributed by atoms with van der Waals surface area (Å²) in [5.41, 5.74) is -0.795. The van der Waals surface area contributed by atoms with Crippen molar-refractivity contribution in [2.24, 2.45) is 0 Å². The number of hydrogen-bond donors (Lipinski definition) is 1. The van der Waals surface area contributed by atoms with E-state index in [4.69, 9.17) is 16.7 Å². The van der Waals surface area contributed by atoms with Crippen LogP contribution in [0.25, 0.3) is 22.2 Å². The zero-order valence-corrected chi connectivity index (χ0v) is 16.2. The van der Waals surface area contributed by atoms with Gasteiger partial charge in [-0.15, -0.1) is 0 Å². The van der Waals surface area contributed by atoms with Crippen LogP contribution >= 0.6 is 11.6 Å². The number of alkyl halides is 3. The van der Waals surface area contributed by atoms with E-state index in [0.717, 1.165) is 12.1 Å². The largest absolute Gasteiger partial charge is 0.478 e. The summed E-state index contributed by atoms with van der Waals surface area (Å²) in [5, 5.41) is 13.7. The minimum Gasteiger partial charge on any atom is -0.478 e. The van der Waals surface area contributed by atoms with Crippen LogP contribution in [-0.4, -0.2) is 25.8 Å². The molecule has 2 aromatic carbocycles. The predicted octanol–water partition coefficient (Wildman–Crippen LogP) is 5.66. The SMILES string of the molecule is O=C(O)c1ccc(-c2nn(Cc3c(Cl)cccc3C(F)(F)F)c3cnccc23)c(F)c1. The molecule has 0 aliphatic carbocycles. The van der Waals surface area contributed by atoms with E-state index in [2.05, 4.69) is 10.1 Å². The lowest BCUT2D eigenvalue weighted by atomic mass is 10.1. The molecule has 0 saturated carbocycles. The molecule has 1 N–H and O–H groups in total. The Bertz CT molecular complexity index is 1320. The molecule has 4 aromatic rings. The summed E-state index contributed by atoms with van der Waals surface area (Å²) in [7, 11) is 0. The molecule has 4 rings (SSSR count). The summed E-state index contributed by atoms with van der Waals surface area (Å²) >= 11 is 6.06. The molecule has 0 atom stereocenters. The molecule has 10 heteroatoms. The molecule has 0 spiro atoms. The molecule has 31 heavy (non-hydrogen) atoms. The maximum absolute atomic E-state index is 14.6. The molecular formula is C21H12ClF4N3O2. The molecule has 0 radical (unpaired) electrons. The summed E-state index contributed by atoms with van der Waals surface area (Å²) in [6.45, 7) is -0.328. The fraction of sp³-hybridized carbons (Fsp3) is 0.0952. The number of nitrogens with zero attached hydrogens (tertiary/aromatic N) is 3. The lowest BCUT2D eigenvalue weighted by Crippen LogP contribution is -2.13. The van der Waals surface area contributed by atoms with Gasteiger partial charge in [-0.2, -0.15) is 18.3 Å². The first-order valence-corrected chi connectivity index (χ1v) is 9.23. The van der Waals surface area contributed by atoms with E-state index >= 15 is 0 Å². The Morgan fingerprint density at radius 2 is 1.94 bits per heavy atom. The van der Waals surface area contributed by atoms with Crippen LogP contribution in [0.4, 0.5) is 17.6 Å². The van der Waals surface area contributed by atoms with Gasteiger partial charge >= 0.3 is 12.1 Å². The average molecular weight is 450 g/mol. The molecule has 0 saturated heterocycles.